The summed E-state index contributed by atoms with van der Waals surface area (Å²) in [7, 11) is 0. The molecule has 0 amide bonds. The molecule has 0 bridgehead atoms. The first kappa shape index (κ1) is 36.9. The number of ether oxygens (including phenoxy) is 1. The number of aryl methyl sites for hydroxylation is 1. The van der Waals surface area contributed by atoms with Crippen LogP contribution in [0.5, 0.6) is 11.5 Å². The average Bonchev–Trinajstić information content (AvgIpc) is 3.88. The van der Waals surface area contributed by atoms with Crippen LogP contribution in [0.1, 0.15) is 56.9 Å². The fourth-order valence-electron chi connectivity index (χ4n) is 9.81. The number of pyridine rings is 1. The Morgan fingerprint density at radius 2 is 1.36 bits per heavy atom. The Kier molecular flexibility index (Phi) is 8.30. The Bertz CT molecular complexity index is 3190. The zero-order valence-electron chi connectivity index (χ0n) is 35.6. The van der Waals surface area contributed by atoms with Crippen LogP contribution in [0.3, 0.4) is 0 Å². The van der Waals surface area contributed by atoms with Gasteiger partial charge in [-0.1, -0.05) is 132 Å². The van der Waals surface area contributed by atoms with Crippen molar-refractivity contribution in [3.63, 3.8) is 0 Å². The second kappa shape index (κ2) is 13.7. The van der Waals surface area contributed by atoms with Gasteiger partial charge in [-0.05, 0) is 100 Å². The summed E-state index contributed by atoms with van der Waals surface area (Å²) in [6.07, 6.45) is 1.93. The monoisotopic (exact) mass is 792 g/mol. The summed E-state index contributed by atoms with van der Waals surface area (Å²) in [5.74, 6) is 2.45. The van der Waals surface area contributed by atoms with Crippen LogP contribution in [-0.4, -0.2) is 16.2 Å². The number of hydrogen-bond acceptors (Lipinski definition) is 4. The van der Waals surface area contributed by atoms with Crippen molar-refractivity contribution < 1.29 is 4.74 Å². The van der Waals surface area contributed by atoms with Crippen molar-refractivity contribution in [2.24, 2.45) is 0 Å². The van der Waals surface area contributed by atoms with Crippen molar-refractivity contribution in [1.82, 2.24) is 9.55 Å². The first-order valence-corrected chi connectivity index (χ1v) is 21.3. The molecule has 1 aliphatic carbocycles. The summed E-state index contributed by atoms with van der Waals surface area (Å²) in [6.45, 7) is 14.3. The van der Waals surface area contributed by atoms with Gasteiger partial charge in [-0.15, -0.1) is 0 Å². The number of anilines is 4. The third kappa shape index (κ3) is 5.94. The molecule has 0 fully saturated rings. The van der Waals surface area contributed by atoms with Crippen molar-refractivity contribution in [3.8, 4) is 39.6 Å². The van der Waals surface area contributed by atoms with Gasteiger partial charge in [0.25, 0.3) is 0 Å². The van der Waals surface area contributed by atoms with Gasteiger partial charge in [-0.25, -0.2) is 4.98 Å². The second-order valence-electron chi connectivity index (χ2n) is 18.2. The van der Waals surface area contributed by atoms with Crippen LogP contribution >= 0.6 is 0 Å². The molecule has 11 rings (SSSR count). The SMILES string of the molecule is Cc1ccc2c(c1)N(c1cccc(Oc3ccc4c5ccccc5n(-c5cc(C(C)(C)C)ccn5)c4c3)c1)CN2c1c(-c2ccccc2)ccc2c1-c1ccccc1C2(C)C. The molecule has 0 saturated carbocycles. The first-order valence-electron chi connectivity index (χ1n) is 21.3. The van der Waals surface area contributed by atoms with Crippen molar-refractivity contribution in [1.29, 1.82) is 0 Å². The van der Waals surface area contributed by atoms with Crippen LogP contribution in [0.15, 0.2) is 170 Å². The minimum atomic E-state index is -0.124. The molecule has 0 spiro atoms. The minimum Gasteiger partial charge on any atom is -0.457 e. The number of nitrogens with zero attached hydrogens (tertiary/aromatic N) is 4. The van der Waals surface area contributed by atoms with Crippen molar-refractivity contribution in [2.45, 2.75) is 52.4 Å². The molecule has 0 atom stereocenters. The number of rotatable bonds is 6. The smallest absolute Gasteiger partial charge is 0.137 e. The second-order valence-corrected chi connectivity index (χ2v) is 18.2. The predicted octanol–water partition coefficient (Wildman–Crippen LogP) is 14.8. The standard InChI is InChI=1S/C56H48N4O/c1-36-23-28-49-51(31-36)58(35-59(49)54-42(37-15-8-7-9-16-37)26-27-47-53(54)45-20-10-12-21-46(45)56(47,5)6)39-17-14-18-40(33-39)61-41-24-25-44-43-19-11-13-22-48(43)60(50(44)34-41)52-32-38(29-30-57-52)55(2,3)4/h7-34H,35H2,1-6H3. The van der Waals surface area contributed by atoms with E-state index in [2.05, 4.69) is 220 Å². The zero-order chi connectivity index (χ0) is 41.6. The molecule has 61 heavy (non-hydrogen) atoms. The Balaban J connectivity index is 1.01. The zero-order valence-corrected chi connectivity index (χ0v) is 35.6. The molecular formula is C56H48N4O. The fraction of sp³-hybridized carbons (Fsp3) is 0.161. The Labute approximate surface area is 358 Å². The largest absolute Gasteiger partial charge is 0.457 e. The number of benzene rings is 7. The van der Waals surface area contributed by atoms with E-state index in [0.717, 1.165) is 39.4 Å². The maximum atomic E-state index is 6.80. The molecule has 2 aliphatic rings. The van der Waals surface area contributed by atoms with Crippen molar-refractivity contribution in [3.05, 3.63) is 192 Å². The highest BCUT2D eigenvalue weighted by molar-refractivity contribution is 6.09. The third-order valence-corrected chi connectivity index (χ3v) is 12.9. The molecule has 1 aliphatic heterocycles. The van der Waals surface area contributed by atoms with Gasteiger partial charge in [-0.3, -0.25) is 4.57 Å². The molecule has 3 heterocycles. The molecule has 0 radical (unpaired) electrons. The molecule has 0 N–H and O–H groups in total. The molecule has 5 heteroatoms. The predicted molar refractivity (Wildman–Crippen MR) is 254 cm³/mol. The summed E-state index contributed by atoms with van der Waals surface area (Å²) < 4.78 is 9.07. The molecule has 0 saturated heterocycles. The number of para-hydroxylation sites is 1. The highest BCUT2D eigenvalue weighted by Gasteiger charge is 2.40. The van der Waals surface area contributed by atoms with Crippen molar-refractivity contribution >= 4 is 44.6 Å². The average molecular weight is 793 g/mol. The van der Waals surface area contributed by atoms with E-state index in [1.165, 1.54) is 67.0 Å². The molecular weight excluding hydrogens is 745 g/mol. The van der Waals surface area contributed by atoms with Gasteiger partial charge in [0.2, 0.25) is 0 Å². The first-order chi connectivity index (χ1) is 29.5. The summed E-state index contributed by atoms with van der Waals surface area (Å²) in [4.78, 5) is 9.86. The Morgan fingerprint density at radius 1 is 0.590 bits per heavy atom. The van der Waals surface area contributed by atoms with Crippen LogP contribution in [0.2, 0.25) is 0 Å². The lowest BCUT2D eigenvalue weighted by atomic mass is 9.82. The van der Waals surface area contributed by atoms with E-state index < -0.39 is 0 Å². The summed E-state index contributed by atoms with van der Waals surface area (Å²) in [6, 6.07) is 59.2. The normalized spacial score (nSPS) is 14.1. The summed E-state index contributed by atoms with van der Waals surface area (Å²) in [5.41, 5.74) is 17.0. The number of hydrogen-bond donors (Lipinski definition) is 0. The Hall–Kier alpha value is -7.11. The van der Waals surface area contributed by atoms with E-state index in [0.29, 0.717) is 6.67 Å². The van der Waals surface area contributed by atoms with E-state index in [1.54, 1.807) is 0 Å². The lowest BCUT2D eigenvalue weighted by molar-refractivity contribution is 0.483. The van der Waals surface area contributed by atoms with Crippen LogP contribution < -0.4 is 14.5 Å². The Morgan fingerprint density at radius 3 is 2.21 bits per heavy atom. The van der Waals surface area contributed by atoms with Crippen LogP contribution in [0, 0.1) is 6.92 Å². The molecule has 0 unspecified atom stereocenters. The van der Waals surface area contributed by atoms with Gasteiger partial charge < -0.3 is 14.5 Å². The van der Waals surface area contributed by atoms with Gasteiger partial charge in [-0.2, -0.15) is 0 Å². The van der Waals surface area contributed by atoms with E-state index >= 15 is 0 Å². The van der Waals surface area contributed by atoms with E-state index in [1.807, 2.05) is 6.20 Å². The number of aromatic nitrogens is 2. The van der Waals surface area contributed by atoms with Crippen LogP contribution in [0.25, 0.3) is 49.9 Å². The highest BCUT2D eigenvalue weighted by atomic mass is 16.5. The maximum Gasteiger partial charge on any atom is 0.137 e. The van der Waals surface area contributed by atoms with Crippen LogP contribution in [-0.2, 0) is 10.8 Å². The molecule has 5 nitrogen and oxygen atoms in total. The van der Waals surface area contributed by atoms with Gasteiger partial charge in [0.1, 0.15) is 24.0 Å². The summed E-state index contributed by atoms with van der Waals surface area (Å²) in [5, 5.41) is 2.35. The molecule has 2 aromatic heterocycles. The lowest BCUT2D eigenvalue weighted by Crippen LogP contribution is -2.25. The quantitative estimate of drug-likeness (QED) is 0.168. The lowest BCUT2D eigenvalue weighted by Gasteiger charge is -2.28. The van der Waals surface area contributed by atoms with Gasteiger partial charge >= 0.3 is 0 Å². The van der Waals surface area contributed by atoms with Crippen LogP contribution in [0.4, 0.5) is 22.7 Å². The molecule has 9 aromatic rings. The minimum absolute atomic E-state index is 0.00499. The molecule has 298 valence electrons. The van der Waals surface area contributed by atoms with E-state index in [4.69, 9.17) is 9.72 Å². The molecule has 7 aromatic carbocycles. The van der Waals surface area contributed by atoms with Crippen molar-refractivity contribution in [2.75, 3.05) is 16.5 Å². The van der Waals surface area contributed by atoms with Gasteiger partial charge in [0, 0.05) is 51.3 Å². The maximum absolute atomic E-state index is 6.80. The number of fused-ring (bicyclic) bond motifs is 7. The summed E-state index contributed by atoms with van der Waals surface area (Å²) >= 11 is 0. The third-order valence-electron chi connectivity index (χ3n) is 12.9. The van der Waals surface area contributed by atoms with E-state index in [9.17, 15) is 0 Å². The van der Waals surface area contributed by atoms with Gasteiger partial charge in [0.05, 0.1) is 28.1 Å². The highest BCUT2D eigenvalue weighted by Crippen LogP contribution is 2.58. The van der Waals surface area contributed by atoms with E-state index in [-0.39, 0.29) is 10.8 Å². The topological polar surface area (TPSA) is 33.5 Å². The van der Waals surface area contributed by atoms with Gasteiger partial charge in [0.15, 0.2) is 0 Å². The fourth-order valence-corrected chi connectivity index (χ4v) is 9.81.